The summed E-state index contributed by atoms with van der Waals surface area (Å²) in [5, 5.41) is 5.30. The number of hydrazone groups is 1. The SMILES string of the molecule is O=C(Cn1c2ccccc2c(=O)c2ccccc21)N/N=C(/C(=O)c1ccccc1)c1ccccc1. The lowest BCUT2D eigenvalue weighted by Gasteiger charge is -2.14. The first-order valence-corrected chi connectivity index (χ1v) is 11.2. The van der Waals surface area contributed by atoms with E-state index in [0.717, 1.165) is 0 Å². The summed E-state index contributed by atoms with van der Waals surface area (Å²) in [6, 6.07) is 32.2. The Morgan fingerprint density at radius 2 is 1.14 bits per heavy atom. The molecular formula is C29H21N3O3. The predicted octanol–water partition coefficient (Wildman–Crippen LogP) is 4.56. The zero-order valence-electron chi connectivity index (χ0n) is 18.7. The van der Waals surface area contributed by atoms with E-state index in [1.165, 1.54) is 0 Å². The summed E-state index contributed by atoms with van der Waals surface area (Å²) in [4.78, 5) is 39.2. The third kappa shape index (κ3) is 4.37. The number of hydrogen-bond acceptors (Lipinski definition) is 4. The van der Waals surface area contributed by atoms with Gasteiger partial charge in [0.2, 0.25) is 5.78 Å². The van der Waals surface area contributed by atoms with Gasteiger partial charge in [0.15, 0.2) is 5.43 Å². The highest BCUT2D eigenvalue weighted by Crippen LogP contribution is 2.19. The molecule has 1 heterocycles. The smallest absolute Gasteiger partial charge is 0.260 e. The third-order valence-electron chi connectivity index (χ3n) is 5.77. The monoisotopic (exact) mass is 459 g/mol. The predicted molar refractivity (Wildman–Crippen MR) is 138 cm³/mol. The Hall–Kier alpha value is -4.84. The quantitative estimate of drug-likeness (QED) is 0.175. The number of fused-ring (bicyclic) bond motifs is 2. The van der Waals surface area contributed by atoms with Gasteiger partial charge in [0.1, 0.15) is 12.3 Å². The molecule has 0 bridgehead atoms. The van der Waals surface area contributed by atoms with Crippen LogP contribution in [-0.2, 0) is 11.3 Å². The number of carbonyl (C=O) groups is 2. The molecule has 6 heteroatoms. The zero-order valence-corrected chi connectivity index (χ0v) is 18.7. The highest BCUT2D eigenvalue weighted by Gasteiger charge is 2.18. The summed E-state index contributed by atoms with van der Waals surface area (Å²) in [5.74, 6) is -0.713. The molecule has 0 fully saturated rings. The van der Waals surface area contributed by atoms with Crippen molar-refractivity contribution in [1.82, 2.24) is 9.99 Å². The van der Waals surface area contributed by atoms with Gasteiger partial charge < -0.3 is 4.57 Å². The van der Waals surface area contributed by atoms with Gasteiger partial charge in [-0.25, -0.2) is 5.43 Å². The van der Waals surface area contributed by atoms with Crippen molar-refractivity contribution in [3.8, 4) is 0 Å². The molecule has 0 aliphatic heterocycles. The van der Waals surface area contributed by atoms with Gasteiger partial charge in [-0.15, -0.1) is 0 Å². The largest absolute Gasteiger partial charge is 0.331 e. The molecule has 1 N–H and O–H groups in total. The van der Waals surface area contributed by atoms with Crippen LogP contribution in [-0.4, -0.2) is 22.0 Å². The number of amides is 1. The summed E-state index contributed by atoms with van der Waals surface area (Å²) in [6.07, 6.45) is 0. The molecule has 5 rings (SSSR count). The zero-order chi connectivity index (χ0) is 24.2. The summed E-state index contributed by atoms with van der Waals surface area (Å²) in [7, 11) is 0. The van der Waals surface area contributed by atoms with Crippen molar-refractivity contribution < 1.29 is 9.59 Å². The number of nitrogens with one attached hydrogen (secondary N) is 1. The lowest BCUT2D eigenvalue weighted by molar-refractivity contribution is -0.121. The van der Waals surface area contributed by atoms with E-state index in [2.05, 4.69) is 10.5 Å². The number of rotatable bonds is 6. The van der Waals surface area contributed by atoms with Crippen LogP contribution >= 0.6 is 0 Å². The molecule has 4 aromatic carbocycles. The van der Waals surface area contributed by atoms with Crippen molar-refractivity contribution in [2.75, 3.05) is 0 Å². The van der Waals surface area contributed by atoms with Crippen LogP contribution in [0.5, 0.6) is 0 Å². The van der Waals surface area contributed by atoms with Crippen LogP contribution in [0.15, 0.2) is 119 Å². The van der Waals surface area contributed by atoms with E-state index in [9.17, 15) is 14.4 Å². The van der Waals surface area contributed by atoms with Crippen molar-refractivity contribution >= 4 is 39.2 Å². The van der Waals surface area contributed by atoms with E-state index in [0.29, 0.717) is 32.9 Å². The van der Waals surface area contributed by atoms with Crippen LogP contribution in [0.2, 0.25) is 0 Å². The lowest BCUT2D eigenvalue weighted by atomic mass is 10.0. The van der Waals surface area contributed by atoms with Gasteiger partial charge >= 0.3 is 0 Å². The van der Waals surface area contributed by atoms with Crippen LogP contribution in [0.3, 0.4) is 0 Å². The van der Waals surface area contributed by atoms with E-state index in [1.807, 2.05) is 48.5 Å². The minimum absolute atomic E-state index is 0.0770. The Kier molecular flexibility index (Phi) is 6.01. The van der Waals surface area contributed by atoms with E-state index >= 15 is 0 Å². The molecule has 0 aliphatic rings. The normalized spacial score (nSPS) is 11.5. The van der Waals surface area contributed by atoms with Crippen LogP contribution in [0.25, 0.3) is 21.8 Å². The Balaban J connectivity index is 1.51. The summed E-state index contributed by atoms with van der Waals surface area (Å²) < 4.78 is 1.79. The Bertz CT molecular complexity index is 1580. The molecule has 1 amide bonds. The summed E-state index contributed by atoms with van der Waals surface area (Å²) in [6.45, 7) is -0.0770. The van der Waals surface area contributed by atoms with Crippen molar-refractivity contribution in [2.24, 2.45) is 5.10 Å². The van der Waals surface area contributed by atoms with E-state index in [-0.39, 0.29) is 23.5 Å². The number of benzene rings is 4. The average Bonchev–Trinajstić information content (AvgIpc) is 2.92. The number of ketones is 1. The maximum Gasteiger partial charge on any atom is 0.260 e. The summed E-state index contributed by atoms with van der Waals surface area (Å²) in [5.41, 5.74) is 4.99. The molecule has 0 saturated heterocycles. The number of aromatic nitrogens is 1. The third-order valence-corrected chi connectivity index (χ3v) is 5.77. The fraction of sp³-hybridized carbons (Fsp3) is 0.0345. The lowest BCUT2D eigenvalue weighted by Crippen LogP contribution is -2.28. The second kappa shape index (κ2) is 9.57. The van der Waals surface area contributed by atoms with Crippen molar-refractivity contribution in [1.29, 1.82) is 0 Å². The first-order chi connectivity index (χ1) is 17.1. The molecule has 0 atom stereocenters. The highest BCUT2D eigenvalue weighted by molar-refractivity contribution is 6.51. The van der Waals surface area contributed by atoms with Gasteiger partial charge in [-0.1, -0.05) is 84.9 Å². The fourth-order valence-corrected chi connectivity index (χ4v) is 4.11. The Labute approximate surface area is 201 Å². The standard InChI is InChI=1S/C29H21N3O3/c33-26(19-32-24-17-9-7-15-22(24)29(35)23-16-8-10-18-25(23)32)30-31-27(20-11-3-1-4-12-20)28(34)21-13-5-2-6-14-21/h1-18H,19H2,(H,30,33)/b31-27+. The van der Waals surface area contributed by atoms with Crippen molar-refractivity contribution in [3.05, 3.63) is 131 Å². The van der Waals surface area contributed by atoms with Gasteiger partial charge in [0.05, 0.1) is 11.0 Å². The van der Waals surface area contributed by atoms with Gasteiger partial charge in [0, 0.05) is 21.9 Å². The molecule has 0 radical (unpaired) electrons. The molecule has 5 aromatic rings. The maximum absolute atomic E-state index is 13.2. The molecule has 1 aromatic heterocycles. The average molecular weight is 460 g/mol. The molecule has 35 heavy (non-hydrogen) atoms. The van der Waals surface area contributed by atoms with Gasteiger partial charge in [0.25, 0.3) is 5.91 Å². The number of hydrogen-bond donors (Lipinski definition) is 1. The minimum atomic E-state index is -0.418. The molecule has 0 unspecified atom stereocenters. The number of carbonyl (C=O) groups excluding carboxylic acids is 2. The first kappa shape index (κ1) is 22.0. The summed E-state index contributed by atoms with van der Waals surface area (Å²) >= 11 is 0. The van der Waals surface area contributed by atoms with E-state index in [4.69, 9.17) is 0 Å². The molecule has 170 valence electrons. The topological polar surface area (TPSA) is 80.5 Å². The number of Topliss-reactive ketones (excluding diaryl/α,β-unsaturated/α-hetero) is 1. The maximum atomic E-state index is 13.2. The first-order valence-electron chi connectivity index (χ1n) is 11.2. The van der Waals surface area contributed by atoms with Crippen LogP contribution in [0, 0.1) is 0 Å². The number of nitrogens with zero attached hydrogens (tertiary/aromatic N) is 2. The van der Waals surface area contributed by atoms with Gasteiger partial charge in [-0.2, -0.15) is 5.10 Å². The Morgan fingerprint density at radius 1 is 0.657 bits per heavy atom. The molecule has 0 spiro atoms. The van der Waals surface area contributed by atoms with Crippen molar-refractivity contribution in [2.45, 2.75) is 6.54 Å². The minimum Gasteiger partial charge on any atom is -0.331 e. The molecule has 0 aliphatic carbocycles. The van der Waals surface area contributed by atoms with E-state index < -0.39 is 5.91 Å². The van der Waals surface area contributed by atoms with E-state index in [1.54, 1.807) is 65.2 Å². The second-order valence-corrected chi connectivity index (χ2v) is 8.01. The molecule has 6 nitrogen and oxygen atoms in total. The van der Waals surface area contributed by atoms with Gasteiger partial charge in [-0.3, -0.25) is 14.4 Å². The second-order valence-electron chi connectivity index (χ2n) is 8.01. The van der Waals surface area contributed by atoms with Gasteiger partial charge in [-0.05, 0) is 24.3 Å². The van der Waals surface area contributed by atoms with Crippen LogP contribution < -0.4 is 10.9 Å². The highest BCUT2D eigenvalue weighted by atomic mass is 16.2. The molecular weight excluding hydrogens is 438 g/mol. The fourth-order valence-electron chi connectivity index (χ4n) is 4.11. The number of para-hydroxylation sites is 2. The number of pyridine rings is 1. The van der Waals surface area contributed by atoms with Crippen LogP contribution in [0.4, 0.5) is 0 Å². The van der Waals surface area contributed by atoms with Crippen molar-refractivity contribution in [3.63, 3.8) is 0 Å². The van der Waals surface area contributed by atoms with Crippen LogP contribution in [0.1, 0.15) is 15.9 Å². The Morgan fingerprint density at radius 3 is 1.71 bits per heavy atom. The molecule has 0 saturated carbocycles.